The number of rotatable bonds is 8. The van der Waals surface area contributed by atoms with E-state index in [1.807, 2.05) is 0 Å². The summed E-state index contributed by atoms with van der Waals surface area (Å²) in [6, 6.07) is -0.881. The summed E-state index contributed by atoms with van der Waals surface area (Å²) in [4.78, 5) is 47.0. The number of nitrogens with two attached hydrogens (primary N) is 1. The van der Waals surface area contributed by atoms with Gasteiger partial charge in [-0.3, -0.25) is 14.5 Å². The van der Waals surface area contributed by atoms with Crippen LogP contribution in [-0.4, -0.2) is 68.5 Å². The molecule has 154 valence electrons. The molecule has 2 amide bonds. The van der Waals surface area contributed by atoms with E-state index in [9.17, 15) is 19.5 Å². The van der Waals surface area contributed by atoms with Gasteiger partial charge in [-0.15, -0.1) is 34.9 Å². The van der Waals surface area contributed by atoms with Crippen molar-refractivity contribution in [3.05, 3.63) is 34.3 Å². The van der Waals surface area contributed by atoms with Crippen LogP contribution in [0.1, 0.15) is 5.69 Å². The molecule has 3 heterocycles. The predicted octanol–water partition coefficient (Wildman–Crippen LogP) is 0.691. The fraction of sp³-hybridized carbons (Fsp3) is 0.312. The standard InChI is InChI=1S/C16H17N5O5S3/c1-3-27-4-7-5-28-14-10(13(23)21(14)11(7)15(24)25)19-12(22)9(20-26-2)8-6-29-16(17)18-8/h3,6,10,14H,1,4-5H2,2H3,(H2,17,18)(H,19,22)(H,24,25)/b20-9-/t10?,14-/m1/s1. The van der Waals surface area contributed by atoms with Crippen LogP contribution in [0.2, 0.25) is 0 Å². The van der Waals surface area contributed by atoms with Crippen LogP contribution in [0.3, 0.4) is 0 Å². The van der Waals surface area contributed by atoms with E-state index in [1.165, 1.54) is 35.5 Å². The van der Waals surface area contributed by atoms with Crippen molar-refractivity contribution >= 4 is 63.5 Å². The highest BCUT2D eigenvalue weighted by atomic mass is 32.2. The Morgan fingerprint density at radius 3 is 2.97 bits per heavy atom. The van der Waals surface area contributed by atoms with Gasteiger partial charge in [-0.25, -0.2) is 9.78 Å². The summed E-state index contributed by atoms with van der Waals surface area (Å²) in [5.74, 6) is -1.46. The molecule has 1 fully saturated rings. The molecule has 0 bridgehead atoms. The average molecular weight is 456 g/mol. The molecule has 1 unspecified atom stereocenters. The minimum absolute atomic E-state index is 0.0309. The number of hydrogen-bond donors (Lipinski definition) is 3. The molecular weight excluding hydrogens is 438 g/mol. The Bertz CT molecular complexity index is 928. The number of carboxylic acid groups (broad SMARTS) is 1. The maximum absolute atomic E-state index is 12.7. The van der Waals surface area contributed by atoms with E-state index in [1.54, 1.807) is 10.8 Å². The Morgan fingerprint density at radius 1 is 1.62 bits per heavy atom. The summed E-state index contributed by atoms with van der Waals surface area (Å²) >= 11 is 3.88. The quantitative estimate of drug-likeness (QED) is 0.292. The van der Waals surface area contributed by atoms with Crippen molar-refractivity contribution in [3.63, 3.8) is 0 Å². The van der Waals surface area contributed by atoms with Gasteiger partial charge in [0.15, 0.2) is 10.8 Å². The normalized spacial score (nSPS) is 21.3. The summed E-state index contributed by atoms with van der Waals surface area (Å²) in [6.45, 7) is 3.61. The molecule has 2 atom stereocenters. The third-order valence-electron chi connectivity index (χ3n) is 4.07. The number of thiazole rings is 1. The Kier molecular flexibility index (Phi) is 6.49. The van der Waals surface area contributed by atoms with Crippen molar-refractivity contribution in [1.82, 2.24) is 15.2 Å². The zero-order valence-electron chi connectivity index (χ0n) is 15.2. The number of β-lactam (4-membered cyclic amide) rings is 1. The largest absolute Gasteiger partial charge is 0.477 e. The second kappa shape index (κ2) is 8.88. The van der Waals surface area contributed by atoms with Crippen LogP contribution in [0.4, 0.5) is 5.13 Å². The summed E-state index contributed by atoms with van der Waals surface area (Å²) in [5.41, 5.74) is 6.31. The number of carbonyl (C=O) groups is 3. The second-order valence-corrected chi connectivity index (χ2v) is 8.74. The van der Waals surface area contributed by atoms with Crippen molar-refractivity contribution in [2.24, 2.45) is 5.16 Å². The van der Waals surface area contributed by atoms with Crippen molar-refractivity contribution in [2.75, 3.05) is 24.3 Å². The number of aliphatic carboxylic acids is 1. The highest BCUT2D eigenvalue weighted by Crippen LogP contribution is 2.41. The molecule has 13 heteroatoms. The monoisotopic (exact) mass is 455 g/mol. The Morgan fingerprint density at radius 2 is 2.38 bits per heavy atom. The fourth-order valence-electron chi connectivity index (χ4n) is 2.86. The Balaban J connectivity index is 1.78. The van der Waals surface area contributed by atoms with E-state index in [4.69, 9.17) is 10.6 Å². The third kappa shape index (κ3) is 4.11. The minimum Gasteiger partial charge on any atom is -0.477 e. The van der Waals surface area contributed by atoms with Gasteiger partial charge in [-0.2, -0.15) is 0 Å². The number of oxime groups is 1. The van der Waals surface area contributed by atoms with Crippen molar-refractivity contribution in [2.45, 2.75) is 11.4 Å². The second-order valence-electron chi connectivity index (χ2n) is 5.79. The molecule has 0 aromatic carbocycles. The molecule has 0 aliphatic carbocycles. The Hall–Kier alpha value is -2.51. The van der Waals surface area contributed by atoms with Gasteiger partial charge in [-0.1, -0.05) is 11.7 Å². The lowest BCUT2D eigenvalue weighted by Gasteiger charge is -2.49. The number of amides is 2. The smallest absolute Gasteiger partial charge is 0.352 e. The summed E-state index contributed by atoms with van der Waals surface area (Å²) in [7, 11) is 1.28. The van der Waals surface area contributed by atoms with Crippen LogP contribution < -0.4 is 11.1 Å². The first-order valence-corrected chi connectivity index (χ1v) is 11.1. The molecule has 0 radical (unpaired) electrons. The average Bonchev–Trinajstić information content (AvgIpc) is 3.13. The van der Waals surface area contributed by atoms with Gasteiger partial charge in [0.2, 0.25) is 0 Å². The van der Waals surface area contributed by atoms with Crippen LogP contribution in [0, 0.1) is 0 Å². The third-order valence-corrected chi connectivity index (χ3v) is 6.84. The summed E-state index contributed by atoms with van der Waals surface area (Å²) in [6.07, 6.45) is 0. The topological polar surface area (TPSA) is 147 Å². The van der Waals surface area contributed by atoms with Gasteiger partial charge in [0, 0.05) is 16.9 Å². The van der Waals surface area contributed by atoms with E-state index in [2.05, 4.69) is 22.0 Å². The lowest BCUT2D eigenvalue weighted by molar-refractivity contribution is -0.150. The van der Waals surface area contributed by atoms with Gasteiger partial charge >= 0.3 is 5.97 Å². The molecule has 10 nitrogen and oxygen atoms in total. The van der Waals surface area contributed by atoms with Gasteiger partial charge in [0.05, 0.1) is 0 Å². The molecule has 1 aromatic rings. The first-order chi connectivity index (χ1) is 13.9. The van der Waals surface area contributed by atoms with Gasteiger partial charge in [0.25, 0.3) is 11.8 Å². The zero-order chi connectivity index (χ0) is 21.1. The summed E-state index contributed by atoms with van der Waals surface area (Å²) in [5, 5.41) is 18.8. The molecule has 1 aromatic heterocycles. The molecule has 0 spiro atoms. The van der Waals surface area contributed by atoms with E-state index in [0.717, 1.165) is 11.3 Å². The van der Waals surface area contributed by atoms with Crippen LogP contribution in [-0.2, 0) is 19.2 Å². The molecule has 0 saturated carbocycles. The number of nitrogens with zero attached hydrogens (tertiary/aromatic N) is 3. The van der Waals surface area contributed by atoms with Crippen LogP contribution in [0.25, 0.3) is 0 Å². The molecule has 29 heavy (non-hydrogen) atoms. The number of carboxylic acids is 1. The number of hydrogen-bond acceptors (Lipinski definition) is 10. The number of nitrogens with one attached hydrogen (secondary N) is 1. The number of thioether (sulfide) groups is 2. The Labute approximate surface area is 178 Å². The molecule has 1 saturated heterocycles. The van der Waals surface area contributed by atoms with E-state index in [-0.39, 0.29) is 22.2 Å². The minimum atomic E-state index is -1.17. The predicted molar refractivity (Wildman–Crippen MR) is 112 cm³/mol. The lowest BCUT2D eigenvalue weighted by Crippen LogP contribution is -2.71. The van der Waals surface area contributed by atoms with Crippen LogP contribution in [0.5, 0.6) is 0 Å². The first kappa shape index (κ1) is 21.2. The number of nitrogen functional groups attached to an aromatic ring is 1. The van der Waals surface area contributed by atoms with E-state index >= 15 is 0 Å². The summed E-state index contributed by atoms with van der Waals surface area (Å²) < 4.78 is 0. The van der Waals surface area contributed by atoms with E-state index < -0.39 is 29.2 Å². The number of anilines is 1. The number of aromatic nitrogens is 1. The lowest BCUT2D eigenvalue weighted by atomic mass is 10.0. The number of fused-ring (bicyclic) bond motifs is 1. The maximum atomic E-state index is 12.7. The molecule has 4 N–H and O–H groups in total. The molecular formula is C16H17N5O5S3. The SMILES string of the molecule is C=CSCC1=C(C(=O)O)N2C(=O)C(NC(=O)/C(=N\OC)c3csc(N)n3)[C@H]2SC1. The van der Waals surface area contributed by atoms with Gasteiger partial charge < -0.3 is 21.0 Å². The van der Waals surface area contributed by atoms with Crippen LogP contribution in [0.15, 0.2) is 33.8 Å². The highest BCUT2D eigenvalue weighted by molar-refractivity contribution is 8.02. The number of carbonyl (C=O) groups excluding carboxylic acids is 2. The van der Waals surface area contributed by atoms with Gasteiger partial charge in [0.1, 0.15) is 29.9 Å². The highest BCUT2D eigenvalue weighted by Gasteiger charge is 2.54. The van der Waals surface area contributed by atoms with Crippen LogP contribution >= 0.6 is 34.9 Å². The van der Waals surface area contributed by atoms with Crippen molar-refractivity contribution in [1.29, 1.82) is 0 Å². The van der Waals surface area contributed by atoms with Gasteiger partial charge in [-0.05, 0) is 11.0 Å². The molecule has 3 rings (SSSR count). The molecule has 2 aliphatic rings. The van der Waals surface area contributed by atoms with Crippen molar-refractivity contribution in [3.8, 4) is 0 Å². The first-order valence-electron chi connectivity index (χ1n) is 8.15. The zero-order valence-corrected chi connectivity index (χ0v) is 17.6. The van der Waals surface area contributed by atoms with E-state index in [0.29, 0.717) is 17.1 Å². The molecule has 2 aliphatic heterocycles. The van der Waals surface area contributed by atoms with Crippen molar-refractivity contribution < 1.29 is 24.3 Å². The fourth-order valence-corrected chi connectivity index (χ4v) is 5.44. The maximum Gasteiger partial charge on any atom is 0.352 e.